The molecule has 0 spiro atoms. The number of carboxylic acid groups (broad SMARTS) is 2. The molecule has 6 rings (SSSR count). The maximum Gasteiger partial charge on any atom is 0.328 e. The van der Waals surface area contributed by atoms with Crippen molar-refractivity contribution >= 4 is 66.7 Å². The molecule has 2 saturated heterocycles. The lowest BCUT2D eigenvalue weighted by molar-refractivity contribution is -0.167. The van der Waals surface area contributed by atoms with E-state index in [4.69, 9.17) is 29.2 Å². The van der Waals surface area contributed by atoms with Crippen LogP contribution in [0.5, 0.6) is 0 Å². The lowest BCUT2D eigenvalue weighted by Crippen LogP contribution is -2.53. The van der Waals surface area contributed by atoms with E-state index in [2.05, 4.69) is 69.1 Å². The van der Waals surface area contributed by atoms with Gasteiger partial charge in [-0.3, -0.25) is 19.4 Å². The molecule has 2 fully saturated rings. The third kappa shape index (κ3) is 17.4. The molecule has 0 aliphatic carbocycles. The normalized spacial score (nSPS) is 15.1. The quantitative estimate of drug-likeness (QED) is 0.0567. The summed E-state index contributed by atoms with van der Waals surface area (Å²) in [6.07, 6.45) is 5.20. The minimum Gasteiger partial charge on any atom is -0.478 e. The van der Waals surface area contributed by atoms with Crippen LogP contribution in [-0.2, 0) is 51.0 Å². The topological polar surface area (TPSA) is 152 Å². The summed E-state index contributed by atoms with van der Waals surface area (Å²) in [7, 11) is 0. The predicted molar refractivity (Wildman–Crippen MR) is 238 cm³/mol. The molecule has 2 N–H and O–H groups in total. The Morgan fingerprint density at radius 2 is 1.00 bits per heavy atom. The Morgan fingerprint density at radius 3 is 1.35 bits per heavy atom. The van der Waals surface area contributed by atoms with Gasteiger partial charge in [-0.2, -0.15) is 0 Å². The SMILES string of the molecule is CC(C)(C)C(=O)OC1CN(CCCOCCc2ccc3sccc3c2)C1.CC(C)(C)C(=O)OC1CN(CCCOCCc2ccc3sccc3c2)C1.O=C(O)/C=C\C(=O)O. The average Bonchev–Trinajstić information content (AvgIpc) is 3.83. The number of thiophene rings is 2. The molecule has 0 radical (unpaired) electrons. The highest BCUT2D eigenvalue weighted by Gasteiger charge is 2.34. The summed E-state index contributed by atoms with van der Waals surface area (Å²) in [5, 5.41) is 22.5. The van der Waals surface area contributed by atoms with Crippen molar-refractivity contribution in [1.29, 1.82) is 0 Å². The molecule has 2 aromatic heterocycles. The van der Waals surface area contributed by atoms with Gasteiger partial charge in [-0.15, -0.1) is 22.7 Å². The van der Waals surface area contributed by atoms with Crippen LogP contribution >= 0.6 is 22.7 Å². The van der Waals surface area contributed by atoms with E-state index in [1.165, 1.54) is 31.3 Å². The second-order valence-corrected chi connectivity index (χ2v) is 19.0. The largest absolute Gasteiger partial charge is 0.478 e. The van der Waals surface area contributed by atoms with Gasteiger partial charge in [0, 0.05) is 74.0 Å². The Kier molecular flexibility index (Phi) is 19.2. The minimum atomic E-state index is -1.26. The first-order valence-electron chi connectivity index (χ1n) is 20.5. The van der Waals surface area contributed by atoms with E-state index in [0.29, 0.717) is 12.2 Å². The second-order valence-electron chi connectivity index (χ2n) is 17.1. The highest BCUT2D eigenvalue weighted by atomic mass is 32.1. The number of hydrogen-bond acceptors (Lipinski definition) is 12. The van der Waals surface area contributed by atoms with Gasteiger partial charge in [0.15, 0.2) is 0 Å². The molecule has 12 nitrogen and oxygen atoms in total. The van der Waals surface area contributed by atoms with E-state index in [9.17, 15) is 19.2 Å². The fourth-order valence-corrected chi connectivity index (χ4v) is 7.61. The minimum absolute atomic E-state index is 0.0645. The molecule has 14 heteroatoms. The van der Waals surface area contributed by atoms with Crippen LogP contribution in [0.3, 0.4) is 0 Å². The first-order valence-corrected chi connectivity index (χ1v) is 22.3. The fraction of sp³-hybridized carbons (Fsp3) is 0.522. The highest BCUT2D eigenvalue weighted by molar-refractivity contribution is 7.17. The van der Waals surface area contributed by atoms with Gasteiger partial charge < -0.3 is 29.2 Å². The summed E-state index contributed by atoms with van der Waals surface area (Å²) in [6.45, 7) is 19.8. The molecular weight excluding hydrogens is 805 g/mol. The molecule has 60 heavy (non-hydrogen) atoms. The van der Waals surface area contributed by atoms with Crippen molar-refractivity contribution in [3.8, 4) is 0 Å². The molecule has 4 aromatic rings. The summed E-state index contributed by atoms with van der Waals surface area (Å²) >= 11 is 3.56. The smallest absolute Gasteiger partial charge is 0.328 e. The monoisotopic (exact) mass is 866 g/mol. The number of hydrogen-bond donors (Lipinski definition) is 2. The van der Waals surface area contributed by atoms with Crippen LogP contribution in [0.2, 0.25) is 0 Å². The van der Waals surface area contributed by atoms with Gasteiger partial charge >= 0.3 is 23.9 Å². The number of carboxylic acids is 2. The Bertz CT molecular complexity index is 1860. The Balaban J connectivity index is 0.000000224. The van der Waals surface area contributed by atoms with Gasteiger partial charge in [0.2, 0.25) is 0 Å². The Hall–Kier alpha value is -4.18. The number of nitrogens with zero attached hydrogens (tertiary/aromatic N) is 2. The maximum atomic E-state index is 11.8. The molecule has 4 heterocycles. The molecule has 0 amide bonds. The number of ether oxygens (including phenoxy) is 4. The zero-order valence-corrected chi connectivity index (χ0v) is 37.5. The summed E-state index contributed by atoms with van der Waals surface area (Å²) in [6, 6.07) is 17.6. The number of esters is 2. The molecular formula is C46H62N2O10S2. The van der Waals surface area contributed by atoms with Gasteiger partial charge in [-0.05, 0) is 124 Å². The van der Waals surface area contributed by atoms with Crippen molar-refractivity contribution in [3.05, 3.63) is 82.6 Å². The van der Waals surface area contributed by atoms with Crippen molar-refractivity contribution < 1.29 is 48.3 Å². The summed E-state index contributed by atoms with van der Waals surface area (Å²) < 4.78 is 25.2. The Labute approximate surface area is 362 Å². The zero-order chi connectivity index (χ0) is 43.7. The van der Waals surface area contributed by atoms with Crippen LogP contribution < -0.4 is 0 Å². The van der Waals surface area contributed by atoms with Crippen LogP contribution in [0.15, 0.2) is 71.4 Å². The van der Waals surface area contributed by atoms with E-state index in [1.807, 2.05) is 41.5 Å². The zero-order valence-electron chi connectivity index (χ0n) is 35.9. The van der Waals surface area contributed by atoms with Crippen LogP contribution in [-0.4, -0.2) is 122 Å². The second kappa shape index (κ2) is 23.7. The van der Waals surface area contributed by atoms with E-state index >= 15 is 0 Å². The van der Waals surface area contributed by atoms with E-state index in [0.717, 1.165) is 91.4 Å². The van der Waals surface area contributed by atoms with E-state index in [1.54, 1.807) is 22.7 Å². The third-order valence-electron chi connectivity index (χ3n) is 9.62. The van der Waals surface area contributed by atoms with Crippen molar-refractivity contribution in [2.45, 2.75) is 79.4 Å². The number of carbonyl (C=O) groups excluding carboxylic acids is 2. The number of fused-ring (bicyclic) bond motifs is 2. The number of carbonyl (C=O) groups is 4. The lowest BCUT2D eigenvalue weighted by Gasteiger charge is -2.39. The summed E-state index contributed by atoms with van der Waals surface area (Å²) in [4.78, 5) is 47.4. The molecule has 0 unspecified atom stereocenters. The molecule has 328 valence electrons. The van der Waals surface area contributed by atoms with Crippen LogP contribution in [0.25, 0.3) is 20.2 Å². The van der Waals surface area contributed by atoms with Crippen molar-refractivity contribution in [2.75, 3.05) is 65.7 Å². The average molecular weight is 867 g/mol. The van der Waals surface area contributed by atoms with Gasteiger partial charge in [-0.1, -0.05) is 24.3 Å². The molecule has 2 aliphatic rings. The van der Waals surface area contributed by atoms with Crippen molar-refractivity contribution in [3.63, 3.8) is 0 Å². The van der Waals surface area contributed by atoms with Crippen LogP contribution in [0, 0.1) is 10.8 Å². The molecule has 0 atom stereocenters. The molecule has 2 aliphatic heterocycles. The predicted octanol–water partition coefficient (Wildman–Crippen LogP) is 7.96. The van der Waals surface area contributed by atoms with Crippen LogP contribution in [0.1, 0.15) is 65.5 Å². The molecule has 0 saturated carbocycles. The Morgan fingerprint density at radius 1 is 0.617 bits per heavy atom. The first kappa shape index (κ1) is 48.5. The van der Waals surface area contributed by atoms with E-state index in [-0.39, 0.29) is 24.1 Å². The van der Waals surface area contributed by atoms with E-state index < -0.39 is 22.8 Å². The maximum absolute atomic E-state index is 11.8. The van der Waals surface area contributed by atoms with Gasteiger partial charge in [0.05, 0.1) is 24.0 Å². The number of benzene rings is 2. The first-order chi connectivity index (χ1) is 28.5. The fourth-order valence-electron chi connectivity index (χ4n) is 6.07. The number of likely N-dealkylation sites (tertiary alicyclic amines) is 2. The molecule has 0 bridgehead atoms. The highest BCUT2D eigenvalue weighted by Crippen LogP contribution is 2.24. The third-order valence-corrected chi connectivity index (χ3v) is 11.4. The van der Waals surface area contributed by atoms with Crippen molar-refractivity contribution in [2.24, 2.45) is 10.8 Å². The van der Waals surface area contributed by atoms with Crippen molar-refractivity contribution in [1.82, 2.24) is 9.80 Å². The van der Waals surface area contributed by atoms with Crippen LogP contribution in [0.4, 0.5) is 0 Å². The van der Waals surface area contributed by atoms with Gasteiger partial charge in [0.25, 0.3) is 0 Å². The summed E-state index contributed by atoms with van der Waals surface area (Å²) in [5.74, 6) is -2.72. The number of rotatable bonds is 18. The standard InChI is InChI=1S/2C21H29NO3S.C4H4O4/c2*1-21(2,3)20(23)25-18-14-22(15-18)9-4-10-24-11-7-16-5-6-19-17(13-16)8-12-26-19;5-3(6)1-2-4(7)8/h2*5-6,8,12-13,18H,4,7,9-11,14-15H2,1-3H3;1-2H,(H,5,6)(H,7,8)/b;;2-1-. The van der Waals surface area contributed by atoms with Gasteiger partial charge in [-0.25, -0.2) is 9.59 Å². The lowest BCUT2D eigenvalue weighted by atomic mass is 9.97. The van der Waals surface area contributed by atoms with Gasteiger partial charge in [0.1, 0.15) is 12.2 Å². The molecule has 2 aromatic carbocycles. The number of aliphatic carboxylic acids is 2. The summed E-state index contributed by atoms with van der Waals surface area (Å²) in [5.41, 5.74) is 1.84.